The Hall–Kier alpha value is -2.03. The van der Waals surface area contributed by atoms with Gasteiger partial charge >= 0.3 is 5.00 Å². The molecule has 1 aromatic heterocycles. The molecular weight excluding hydrogens is 429 g/mol. The first-order valence-corrected chi connectivity index (χ1v) is 11.3. The van der Waals surface area contributed by atoms with Crippen molar-refractivity contribution in [2.75, 3.05) is 19.6 Å². The number of likely N-dealkylation sites (tertiary alicyclic amines) is 1. The Morgan fingerprint density at radius 3 is 2.73 bits per heavy atom. The van der Waals surface area contributed by atoms with Gasteiger partial charge in [-0.15, -0.1) is 0 Å². The molecule has 1 amide bonds. The molecule has 1 aliphatic carbocycles. The fourth-order valence-electron chi connectivity index (χ4n) is 4.00. The van der Waals surface area contributed by atoms with E-state index in [9.17, 15) is 19.3 Å². The Kier molecular flexibility index (Phi) is 6.36. The summed E-state index contributed by atoms with van der Waals surface area (Å²) in [5.74, 6) is 0.397. The molecule has 1 aliphatic heterocycles. The highest BCUT2D eigenvalue weighted by Gasteiger charge is 2.37. The van der Waals surface area contributed by atoms with Gasteiger partial charge in [0.1, 0.15) is 5.82 Å². The fourth-order valence-corrected chi connectivity index (χ4v) is 5.08. The summed E-state index contributed by atoms with van der Waals surface area (Å²) >= 11 is 7.37. The van der Waals surface area contributed by atoms with E-state index in [0.717, 1.165) is 42.0 Å². The van der Waals surface area contributed by atoms with E-state index >= 15 is 0 Å². The Balaban J connectivity index is 1.47. The number of amides is 1. The zero-order valence-corrected chi connectivity index (χ0v) is 18.0. The Bertz CT molecular complexity index is 929. The molecule has 0 radical (unpaired) electrons. The molecule has 160 valence electrons. The average molecular weight is 452 g/mol. The van der Waals surface area contributed by atoms with E-state index in [0.29, 0.717) is 36.8 Å². The van der Waals surface area contributed by atoms with Crippen molar-refractivity contribution in [3.05, 3.63) is 61.7 Å². The maximum Gasteiger partial charge on any atom is 0.324 e. The first kappa shape index (κ1) is 21.2. The predicted octanol–water partition coefficient (Wildman–Crippen LogP) is 4.71. The van der Waals surface area contributed by atoms with Crippen LogP contribution < -0.4 is 0 Å². The van der Waals surface area contributed by atoms with E-state index in [1.165, 1.54) is 12.1 Å². The van der Waals surface area contributed by atoms with Gasteiger partial charge in [-0.1, -0.05) is 29.0 Å². The summed E-state index contributed by atoms with van der Waals surface area (Å²) in [7, 11) is 0. The molecule has 1 saturated carbocycles. The van der Waals surface area contributed by atoms with Crippen LogP contribution in [-0.2, 0) is 17.9 Å². The van der Waals surface area contributed by atoms with E-state index in [-0.39, 0.29) is 28.6 Å². The first-order chi connectivity index (χ1) is 14.4. The highest BCUT2D eigenvalue weighted by molar-refractivity contribution is 7.15. The van der Waals surface area contributed by atoms with Crippen molar-refractivity contribution in [1.82, 2.24) is 9.80 Å². The van der Waals surface area contributed by atoms with Crippen LogP contribution in [0.3, 0.4) is 0 Å². The van der Waals surface area contributed by atoms with Crippen LogP contribution in [0.25, 0.3) is 0 Å². The summed E-state index contributed by atoms with van der Waals surface area (Å²) in [6, 6.07) is 7.88. The van der Waals surface area contributed by atoms with Crippen LogP contribution in [0.15, 0.2) is 30.3 Å². The normalized spacial score (nSPS) is 18.9. The minimum atomic E-state index is -0.398. The van der Waals surface area contributed by atoms with Gasteiger partial charge in [0.2, 0.25) is 5.91 Å². The molecule has 0 bridgehead atoms. The van der Waals surface area contributed by atoms with Crippen LogP contribution in [-0.4, -0.2) is 40.3 Å². The number of rotatable bonds is 8. The molecule has 2 aliphatic rings. The topological polar surface area (TPSA) is 66.7 Å². The lowest BCUT2D eigenvalue weighted by Crippen LogP contribution is -2.33. The zero-order chi connectivity index (χ0) is 21.3. The van der Waals surface area contributed by atoms with Crippen molar-refractivity contribution in [3.63, 3.8) is 0 Å². The number of carbonyl (C=O) groups excluding carboxylic acids is 1. The largest absolute Gasteiger partial charge is 0.342 e. The number of nitro groups is 1. The van der Waals surface area contributed by atoms with Crippen LogP contribution in [0.5, 0.6) is 0 Å². The minimum Gasteiger partial charge on any atom is -0.342 e. The monoisotopic (exact) mass is 451 g/mol. The van der Waals surface area contributed by atoms with Crippen molar-refractivity contribution in [1.29, 1.82) is 0 Å². The number of halogens is 2. The standard InChI is InChI=1S/C21H23ClFN3O3S/c22-18-2-1-3-19(23)17(18)13-24(12-16-6-7-20(30-16)26(28)29)10-14-8-9-25(11-14)21(27)15-4-5-15/h1-3,6-7,14-15H,4-5,8-13H2. The number of carbonyl (C=O) groups is 1. The molecule has 9 heteroatoms. The summed E-state index contributed by atoms with van der Waals surface area (Å²) in [4.78, 5) is 27.9. The van der Waals surface area contributed by atoms with E-state index in [4.69, 9.17) is 11.6 Å². The van der Waals surface area contributed by atoms with E-state index < -0.39 is 4.92 Å². The average Bonchev–Trinajstić information content (AvgIpc) is 3.27. The van der Waals surface area contributed by atoms with Gasteiger partial charge in [0.15, 0.2) is 0 Å². The van der Waals surface area contributed by atoms with Gasteiger partial charge in [-0.2, -0.15) is 0 Å². The molecule has 2 fully saturated rings. The molecule has 4 rings (SSSR count). The molecule has 30 heavy (non-hydrogen) atoms. The van der Waals surface area contributed by atoms with E-state index in [1.807, 2.05) is 4.90 Å². The van der Waals surface area contributed by atoms with Crippen LogP contribution >= 0.6 is 22.9 Å². The Labute approximate surface area is 183 Å². The van der Waals surface area contributed by atoms with Gasteiger partial charge in [0, 0.05) is 60.2 Å². The minimum absolute atomic E-state index is 0.0935. The summed E-state index contributed by atoms with van der Waals surface area (Å²) < 4.78 is 14.4. The number of nitrogens with zero attached hydrogens (tertiary/aromatic N) is 3. The van der Waals surface area contributed by atoms with E-state index in [1.54, 1.807) is 18.2 Å². The second kappa shape index (κ2) is 8.99. The number of hydrogen-bond donors (Lipinski definition) is 0. The highest BCUT2D eigenvalue weighted by Crippen LogP contribution is 2.33. The molecule has 1 aromatic carbocycles. The van der Waals surface area contributed by atoms with Gasteiger partial charge in [0.25, 0.3) is 0 Å². The van der Waals surface area contributed by atoms with Crippen molar-refractivity contribution in [3.8, 4) is 0 Å². The Morgan fingerprint density at radius 2 is 2.07 bits per heavy atom. The van der Waals surface area contributed by atoms with Crippen LogP contribution in [0, 0.1) is 27.8 Å². The lowest BCUT2D eigenvalue weighted by molar-refractivity contribution is -0.380. The quantitative estimate of drug-likeness (QED) is 0.430. The molecule has 1 atom stereocenters. The van der Waals surface area contributed by atoms with Gasteiger partial charge < -0.3 is 4.90 Å². The third-order valence-electron chi connectivity index (χ3n) is 5.69. The van der Waals surface area contributed by atoms with Crippen molar-refractivity contribution < 1.29 is 14.1 Å². The third-order valence-corrected chi connectivity index (χ3v) is 7.07. The van der Waals surface area contributed by atoms with Gasteiger partial charge in [-0.3, -0.25) is 19.8 Å². The lowest BCUT2D eigenvalue weighted by atomic mass is 10.1. The van der Waals surface area contributed by atoms with Gasteiger partial charge in [-0.05, 0) is 43.4 Å². The van der Waals surface area contributed by atoms with Crippen molar-refractivity contribution in [2.45, 2.75) is 32.4 Å². The van der Waals surface area contributed by atoms with Crippen LogP contribution in [0.2, 0.25) is 5.02 Å². The predicted molar refractivity (Wildman–Crippen MR) is 114 cm³/mol. The van der Waals surface area contributed by atoms with Crippen LogP contribution in [0.4, 0.5) is 9.39 Å². The maximum absolute atomic E-state index is 14.4. The number of thiophene rings is 1. The lowest BCUT2D eigenvalue weighted by Gasteiger charge is -2.26. The molecular formula is C21H23ClFN3O3S. The van der Waals surface area contributed by atoms with E-state index in [2.05, 4.69) is 4.90 Å². The molecule has 0 spiro atoms. The van der Waals surface area contributed by atoms with Crippen molar-refractivity contribution in [2.24, 2.45) is 11.8 Å². The highest BCUT2D eigenvalue weighted by atomic mass is 35.5. The van der Waals surface area contributed by atoms with Gasteiger partial charge in [0.05, 0.1) is 4.92 Å². The number of benzene rings is 1. The summed E-state index contributed by atoms with van der Waals surface area (Å²) in [6.45, 7) is 2.92. The molecule has 2 aromatic rings. The van der Waals surface area contributed by atoms with Crippen LogP contribution in [0.1, 0.15) is 29.7 Å². The molecule has 1 saturated heterocycles. The third kappa shape index (κ3) is 4.99. The summed E-state index contributed by atoms with van der Waals surface area (Å²) in [5.41, 5.74) is 0.425. The molecule has 6 nitrogen and oxygen atoms in total. The SMILES string of the molecule is O=C(C1CC1)N1CCC(CN(Cc2ccc([N+](=O)[O-])s2)Cc2c(F)cccc2Cl)C1. The second-order valence-electron chi connectivity index (χ2n) is 8.08. The van der Waals surface area contributed by atoms with Gasteiger partial charge in [-0.25, -0.2) is 4.39 Å². The molecule has 2 heterocycles. The summed E-state index contributed by atoms with van der Waals surface area (Å²) in [6.07, 6.45) is 2.90. The first-order valence-electron chi connectivity index (χ1n) is 10.1. The Morgan fingerprint density at radius 1 is 1.27 bits per heavy atom. The smallest absolute Gasteiger partial charge is 0.324 e. The molecule has 1 unspecified atom stereocenters. The second-order valence-corrected chi connectivity index (χ2v) is 9.63. The van der Waals surface area contributed by atoms with Crippen molar-refractivity contribution >= 4 is 33.8 Å². The summed E-state index contributed by atoms with van der Waals surface area (Å²) in [5, 5.41) is 11.5. The zero-order valence-electron chi connectivity index (χ0n) is 16.4. The maximum atomic E-state index is 14.4. The number of hydrogen-bond acceptors (Lipinski definition) is 5. The molecule has 0 N–H and O–H groups in total. The fraction of sp³-hybridized carbons (Fsp3) is 0.476.